The van der Waals surface area contributed by atoms with Gasteiger partial charge in [-0.1, -0.05) is 25.5 Å². The molecule has 2 aromatic carbocycles. The van der Waals surface area contributed by atoms with E-state index in [0.717, 1.165) is 18.6 Å². The number of hydrogen-bond acceptors (Lipinski definition) is 3. The van der Waals surface area contributed by atoms with Crippen LogP contribution < -0.4 is 15.4 Å². The van der Waals surface area contributed by atoms with Gasteiger partial charge in [0, 0.05) is 11.6 Å². The molecule has 0 saturated carbocycles. The standard InChI is InChI=1S/C21H26N2O3/c1-4-5-14-26-17-12-10-16(11-13-17)20(24)23-19-9-7-6-8-18(19)21(25)22-15(2)3/h6-13,15H,4-5,14H2,1-3H3,(H,22,25)(H,23,24). The molecule has 0 atom stereocenters. The van der Waals surface area contributed by atoms with Crippen molar-refractivity contribution in [2.24, 2.45) is 0 Å². The van der Waals surface area contributed by atoms with Crippen LogP contribution in [0.4, 0.5) is 5.69 Å². The van der Waals surface area contributed by atoms with Crippen molar-refractivity contribution in [3.05, 3.63) is 59.7 Å². The van der Waals surface area contributed by atoms with Crippen LogP contribution in [0.5, 0.6) is 5.75 Å². The first-order valence-electron chi connectivity index (χ1n) is 8.95. The predicted molar refractivity (Wildman–Crippen MR) is 104 cm³/mol. The Balaban J connectivity index is 2.07. The third-order valence-corrected chi connectivity index (χ3v) is 3.72. The summed E-state index contributed by atoms with van der Waals surface area (Å²) in [5, 5.41) is 5.65. The first-order chi connectivity index (χ1) is 12.5. The number of nitrogens with one attached hydrogen (secondary N) is 2. The summed E-state index contributed by atoms with van der Waals surface area (Å²) in [4.78, 5) is 24.8. The summed E-state index contributed by atoms with van der Waals surface area (Å²) in [5.41, 5.74) is 1.43. The maximum atomic E-state index is 12.5. The molecule has 2 N–H and O–H groups in total. The average molecular weight is 354 g/mol. The first kappa shape index (κ1) is 19.5. The predicted octanol–water partition coefficient (Wildman–Crippen LogP) is 4.26. The lowest BCUT2D eigenvalue weighted by Crippen LogP contribution is -2.31. The van der Waals surface area contributed by atoms with Gasteiger partial charge in [0.05, 0.1) is 17.9 Å². The minimum atomic E-state index is -0.269. The third-order valence-electron chi connectivity index (χ3n) is 3.72. The SMILES string of the molecule is CCCCOc1ccc(C(=O)Nc2ccccc2C(=O)NC(C)C)cc1. The van der Waals surface area contributed by atoms with E-state index >= 15 is 0 Å². The molecule has 0 unspecified atom stereocenters. The molecule has 0 bridgehead atoms. The summed E-state index contributed by atoms with van der Waals surface area (Å²) >= 11 is 0. The molecule has 0 aliphatic rings. The van der Waals surface area contributed by atoms with E-state index < -0.39 is 0 Å². The van der Waals surface area contributed by atoms with Gasteiger partial charge < -0.3 is 15.4 Å². The lowest BCUT2D eigenvalue weighted by atomic mass is 10.1. The number of amides is 2. The van der Waals surface area contributed by atoms with Crippen molar-refractivity contribution in [3.8, 4) is 5.75 Å². The van der Waals surface area contributed by atoms with E-state index in [4.69, 9.17) is 4.74 Å². The maximum absolute atomic E-state index is 12.5. The summed E-state index contributed by atoms with van der Waals surface area (Å²) in [6.45, 7) is 6.56. The molecule has 0 radical (unpaired) electrons. The Labute approximate surface area is 154 Å². The highest BCUT2D eigenvalue weighted by Gasteiger charge is 2.14. The number of ether oxygens (including phenoxy) is 1. The fourth-order valence-electron chi connectivity index (χ4n) is 2.36. The molecule has 0 aromatic heterocycles. The molecule has 0 spiro atoms. The molecule has 0 saturated heterocycles. The van der Waals surface area contributed by atoms with Gasteiger partial charge in [-0.15, -0.1) is 0 Å². The molecule has 0 fully saturated rings. The number of para-hydroxylation sites is 1. The zero-order chi connectivity index (χ0) is 18.9. The van der Waals surface area contributed by atoms with Gasteiger partial charge in [0.15, 0.2) is 0 Å². The van der Waals surface area contributed by atoms with Crippen LogP contribution in [0.2, 0.25) is 0 Å². The molecule has 26 heavy (non-hydrogen) atoms. The summed E-state index contributed by atoms with van der Waals surface area (Å²) in [6, 6.07) is 14.0. The second-order valence-corrected chi connectivity index (χ2v) is 6.35. The highest BCUT2D eigenvalue weighted by molar-refractivity contribution is 6.09. The Morgan fingerprint density at radius 2 is 1.69 bits per heavy atom. The van der Waals surface area contributed by atoms with Gasteiger partial charge in [-0.2, -0.15) is 0 Å². The van der Waals surface area contributed by atoms with Crippen LogP contribution in [0.15, 0.2) is 48.5 Å². The molecule has 0 heterocycles. The van der Waals surface area contributed by atoms with E-state index in [2.05, 4.69) is 17.6 Å². The van der Waals surface area contributed by atoms with Crippen molar-refractivity contribution in [1.29, 1.82) is 0 Å². The van der Waals surface area contributed by atoms with Gasteiger partial charge in [-0.3, -0.25) is 9.59 Å². The van der Waals surface area contributed by atoms with Gasteiger partial charge in [0.25, 0.3) is 11.8 Å². The quantitative estimate of drug-likeness (QED) is 0.696. The molecule has 138 valence electrons. The molecule has 5 nitrogen and oxygen atoms in total. The van der Waals surface area contributed by atoms with E-state index in [0.29, 0.717) is 23.4 Å². The number of benzene rings is 2. The zero-order valence-electron chi connectivity index (χ0n) is 15.5. The highest BCUT2D eigenvalue weighted by atomic mass is 16.5. The average Bonchev–Trinajstić information content (AvgIpc) is 2.62. The molecule has 5 heteroatoms. The number of anilines is 1. The van der Waals surface area contributed by atoms with Crippen molar-refractivity contribution in [3.63, 3.8) is 0 Å². The lowest BCUT2D eigenvalue weighted by Gasteiger charge is -2.13. The number of carbonyl (C=O) groups excluding carboxylic acids is 2. The molecular weight excluding hydrogens is 328 g/mol. The van der Waals surface area contributed by atoms with Crippen LogP contribution in [0.25, 0.3) is 0 Å². The normalized spacial score (nSPS) is 10.5. The first-order valence-corrected chi connectivity index (χ1v) is 8.95. The van der Waals surface area contributed by atoms with Gasteiger partial charge in [0.2, 0.25) is 0 Å². The number of hydrogen-bond donors (Lipinski definition) is 2. The van der Waals surface area contributed by atoms with Gasteiger partial charge >= 0.3 is 0 Å². The minimum absolute atomic E-state index is 0.0199. The van der Waals surface area contributed by atoms with Crippen LogP contribution in [0.1, 0.15) is 54.3 Å². The molecular formula is C21H26N2O3. The van der Waals surface area contributed by atoms with E-state index in [-0.39, 0.29) is 17.9 Å². The number of carbonyl (C=O) groups is 2. The van der Waals surface area contributed by atoms with Gasteiger partial charge in [-0.05, 0) is 56.7 Å². The van der Waals surface area contributed by atoms with Crippen LogP contribution in [0, 0.1) is 0 Å². The third kappa shape index (κ3) is 5.62. The summed E-state index contributed by atoms with van der Waals surface area (Å²) in [6.07, 6.45) is 2.07. The van der Waals surface area contributed by atoms with E-state index in [1.165, 1.54) is 0 Å². The summed E-state index contributed by atoms with van der Waals surface area (Å²) in [7, 11) is 0. The Bertz CT molecular complexity index is 739. The van der Waals surface area contributed by atoms with E-state index in [1.807, 2.05) is 13.8 Å². The van der Waals surface area contributed by atoms with Crippen LogP contribution in [0.3, 0.4) is 0 Å². The maximum Gasteiger partial charge on any atom is 0.255 e. The topological polar surface area (TPSA) is 67.4 Å². The van der Waals surface area contributed by atoms with Crippen molar-refractivity contribution in [2.45, 2.75) is 39.7 Å². The second-order valence-electron chi connectivity index (χ2n) is 6.35. The lowest BCUT2D eigenvalue weighted by molar-refractivity contribution is 0.0944. The van der Waals surface area contributed by atoms with Crippen LogP contribution in [-0.2, 0) is 0 Å². The zero-order valence-corrected chi connectivity index (χ0v) is 15.5. The molecule has 0 aliphatic heterocycles. The summed E-state index contributed by atoms with van der Waals surface area (Å²) in [5.74, 6) is 0.261. The Kier molecular flexibility index (Phi) is 7.21. The Hall–Kier alpha value is -2.82. The molecule has 0 aliphatic carbocycles. The highest BCUT2D eigenvalue weighted by Crippen LogP contribution is 2.18. The number of rotatable bonds is 8. The van der Waals surface area contributed by atoms with Gasteiger partial charge in [0.1, 0.15) is 5.75 Å². The molecule has 2 rings (SSSR count). The molecule has 2 aromatic rings. The molecule has 2 amide bonds. The van der Waals surface area contributed by atoms with Crippen molar-refractivity contribution in [1.82, 2.24) is 5.32 Å². The van der Waals surface area contributed by atoms with Crippen molar-refractivity contribution in [2.75, 3.05) is 11.9 Å². The monoisotopic (exact) mass is 354 g/mol. The Morgan fingerprint density at radius 3 is 2.35 bits per heavy atom. The summed E-state index contributed by atoms with van der Waals surface area (Å²) < 4.78 is 5.60. The largest absolute Gasteiger partial charge is 0.494 e. The van der Waals surface area contributed by atoms with E-state index in [1.54, 1.807) is 48.5 Å². The van der Waals surface area contributed by atoms with Gasteiger partial charge in [-0.25, -0.2) is 0 Å². The fourth-order valence-corrected chi connectivity index (χ4v) is 2.36. The van der Waals surface area contributed by atoms with E-state index in [9.17, 15) is 9.59 Å². The minimum Gasteiger partial charge on any atom is -0.494 e. The van der Waals surface area contributed by atoms with Crippen molar-refractivity contribution < 1.29 is 14.3 Å². The van der Waals surface area contributed by atoms with Crippen LogP contribution >= 0.6 is 0 Å². The number of unbranched alkanes of at least 4 members (excludes halogenated alkanes) is 1. The second kappa shape index (κ2) is 9.61. The Morgan fingerprint density at radius 1 is 1.00 bits per heavy atom. The fraction of sp³-hybridized carbons (Fsp3) is 0.333. The van der Waals surface area contributed by atoms with Crippen LogP contribution in [-0.4, -0.2) is 24.5 Å². The van der Waals surface area contributed by atoms with Crippen molar-refractivity contribution >= 4 is 17.5 Å². The smallest absolute Gasteiger partial charge is 0.255 e.